The van der Waals surface area contributed by atoms with E-state index in [-0.39, 0.29) is 0 Å². The quantitative estimate of drug-likeness (QED) is 0.628. The summed E-state index contributed by atoms with van der Waals surface area (Å²) >= 11 is 0. The molecule has 4 aliphatic carbocycles. The second-order valence-electron chi connectivity index (χ2n) is 10.1. The maximum Gasteiger partial charge on any atom is 0.156 e. The van der Waals surface area contributed by atoms with E-state index in [9.17, 15) is 4.79 Å². The molecule has 2 heteroatoms. The minimum atomic E-state index is 0.339. The molecule has 1 aromatic rings. The summed E-state index contributed by atoms with van der Waals surface area (Å²) < 4.78 is 0. The number of nitrogens with zero attached hydrogens (tertiary/aromatic N) is 1. The number of hydrogen-bond acceptors (Lipinski definition) is 2. The topological polar surface area (TPSA) is 20.3 Å². The van der Waals surface area contributed by atoms with Gasteiger partial charge in [0.15, 0.2) is 5.78 Å². The van der Waals surface area contributed by atoms with Crippen molar-refractivity contribution in [1.82, 2.24) is 0 Å². The monoisotopic (exact) mass is 375 g/mol. The van der Waals surface area contributed by atoms with Gasteiger partial charge in [-0.1, -0.05) is 31.1 Å². The molecule has 2 saturated carbocycles. The molecule has 1 aromatic carbocycles. The number of benzene rings is 1. The van der Waals surface area contributed by atoms with Gasteiger partial charge in [0.05, 0.1) is 0 Å². The molecule has 4 atom stereocenters. The maximum absolute atomic E-state index is 12.1. The van der Waals surface area contributed by atoms with Gasteiger partial charge in [0, 0.05) is 32.1 Å². The van der Waals surface area contributed by atoms with Crippen molar-refractivity contribution in [3.8, 4) is 0 Å². The molecule has 0 N–H and O–H groups in total. The number of allylic oxidation sites excluding steroid dienone is 4. The van der Waals surface area contributed by atoms with Gasteiger partial charge in [-0.25, -0.2) is 0 Å². The number of hydrogen-bond donors (Lipinski definition) is 0. The lowest BCUT2D eigenvalue weighted by atomic mass is 9.53. The van der Waals surface area contributed by atoms with E-state index >= 15 is 0 Å². The summed E-state index contributed by atoms with van der Waals surface area (Å²) in [4.78, 5) is 14.2. The lowest BCUT2D eigenvalue weighted by molar-refractivity contribution is -0.114. The molecule has 0 saturated heterocycles. The van der Waals surface area contributed by atoms with Crippen LogP contribution < -0.4 is 4.90 Å². The van der Waals surface area contributed by atoms with Crippen LogP contribution >= 0.6 is 0 Å². The molecule has 0 bridgehead atoms. The highest BCUT2D eigenvalue weighted by molar-refractivity contribution is 5.93. The molecule has 2 fully saturated rings. The highest BCUT2D eigenvalue weighted by Crippen LogP contribution is 2.63. The van der Waals surface area contributed by atoms with Crippen LogP contribution in [0.2, 0.25) is 0 Å². The summed E-state index contributed by atoms with van der Waals surface area (Å²) in [6, 6.07) is 9.30. The van der Waals surface area contributed by atoms with Crippen molar-refractivity contribution >= 4 is 11.5 Å². The molecular formula is C26H33NO. The third-order valence-electron chi connectivity index (χ3n) is 8.32. The Labute approximate surface area is 169 Å². The van der Waals surface area contributed by atoms with Gasteiger partial charge >= 0.3 is 0 Å². The van der Waals surface area contributed by atoms with Crippen LogP contribution in [0.4, 0.5) is 5.69 Å². The zero-order chi connectivity index (χ0) is 19.5. The molecule has 4 aliphatic rings. The third kappa shape index (κ3) is 2.79. The molecule has 0 heterocycles. The average Bonchev–Trinajstić information content (AvgIpc) is 3.08. The first-order valence-electron chi connectivity index (χ1n) is 11.2. The van der Waals surface area contributed by atoms with Crippen molar-refractivity contribution in [1.29, 1.82) is 0 Å². The first-order valence-corrected chi connectivity index (χ1v) is 11.2. The van der Waals surface area contributed by atoms with Gasteiger partial charge in [-0.15, -0.1) is 0 Å². The Bertz CT molecular complexity index is 859. The van der Waals surface area contributed by atoms with Gasteiger partial charge in [0.2, 0.25) is 0 Å². The van der Waals surface area contributed by atoms with E-state index in [2.05, 4.69) is 50.2 Å². The highest BCUT2D eigenvalue weighted by Gasteiger charge is 2.52. The van der Waals surface area contributed by atoms with Crippen LogP contribution in [0.5, 0.6) is 0 Å². The Hall–Kier alpha value is -1.83. The number of carbonyl (C=O) groups excluding carboxylic acids is 1. The Morgan fingerprint density at radius 1 is 1.04 bits per heavy atom. The number of fused-ring (bicyclic) bond motifs is 4. The summed E-state index contributed by atoms with van der Waals surface area (Å²) in [7, 11) is 4.22. The minimum Gasteiger partial charge on any atom is -0.378 e. The van der Waals surface area contributed by atoms with E-state index in [1.165, 1.54) is 48.9 Å². The zero-order valence-corrected chi connectivity index (χ0v) is 17.6. The van der Waals surface area contributed by atoms with Crippen LogP contribution in [-0.4, -0.2) is 19.9 Å². The summed E-state index contributed by atoms with van der Waals surface area (Å²) in [5, 5.41) is 0. The molecule has 148 valence electrons. The summed E-state index contributed by atoms with van der Waals surface area (Å²) in [5.74, 6) is 2.46. The summed E-state index contributed by atoms with van der Waals surface area (Å²) in [6.07, 6.45) is 11.5. The Balaban J connectivity index is 1.63. The maximum atomic E-state index is 12.1. The number of rotatable bonds is 2. The molecule has 0 amide bonds. The van der Waals surface area contributed by atoms with Crippen LogP contribution in [-0.2, 0) is 4.79 Å². The second kappa shape index (κ2) is 6.61. The molecule has 5 rings (SSSR count). The van der Waals surface area contributed by atoms with Crippen molar-refractivity contribution in [2.75, 3.05) is 19.0 Å². The zero-order valence-electron chi connectivity index (χ0n) is 17.6. The van der Waals surface area contributed by atoms with Gasteiger partial charge in [-0.3, -0.25) is 4.79 Å². The van der Waals surface area contributed by atoms with Crippen molar-refractivity contribution < 1.29 is 4.79 Å². The van der Waals surface area contributed by atoms with Crippen LogP contribution in [0.25, 0.3) is 0 Å². The van der Waals surface area contributed by atoms with Gasteiger partial charge in [0.1, 0.15) is 0 Å². The molecule has 2 nitrogen and oxygen atoms in total. The van der Waals surface area contributed by atoms with Crippen molar-refractivity contribution in [2.45, 2.75) is 64.2 Å². The van der Waals surface area contributed by atoms with Gasteiger partial charge in [-0.2, -0.15) is 0 Å². The first-order chi connectivity index (χ1) is 13.5. The molecule has 0 aliphatic heterocycles. The number of carbonyl (C=O) groups is 1. The van der Waals surface area contributed by atoms with Crippen molar-refractivity contribution in [2.24, 2.45) is 17.3 Å². The smallest absolute Gasteiger partial charge is 0.156 e. The largest absolute Gasteiger partial charge is 0.378 e. The van der Waals surface area contributed by atoms with Crippen molar-refractivity contribution in [3.05, 3.63) is 52.6 Å². The van der Waals surface area contributed by atoms with Crippen LogP contribution in [0.15, 0.2) is 47.1 Å². The van der Waals surface area contributed by atoms with Gasteiger partial charge in [-0.05, 0) is 90.7 Å². The van der Waals surface area contributed by atoms with E-state index in [1.54, 1.807) is 11.1 Å². The van der Waals surface area contributed by atoms with E-state index in [0.29, 0.717) is 23.5 Å². The molecule has 0 spiro atoms. The van der Waals surface area contributed by atoms with Gasteiger partial charge < -0.3 is 4.90 Å². The fourth-order valence-electron chi connectivity index (χ4n) is 6.97. The van der Waals surface area contributed by atoms with Crippen LogP contribution in [0.1, 0.15) is 69.8 Å². The Kier molecular flexibility index (Phi) is 4.30. The fourth-order valence-corrected chi connectivity index (χ4v) is 6.97. The molecular weight excluding hydrogens is 342 g/mol. The normalized spacial score (nSPS) is 34.5. The minimum absolute atomic E-state index is 0.339. The fraction of sp³-hybridized carbons (Fsp3) is 0.577. The molecule has 28 heavy (non-hydrogen) atoms. The van der Waals surface area contributed by atoms with Gasteiger partial charge in [0.25, 0.3) is 0 Å². The highest BCUT2D eigenvalue weighted by atomic mass is 16.1. The SMILES string of the molecule is CN(C)c1ccc([C@H]2C[C@]3(C)CCC[C@H]3[C@@H]3CCC4=CC(=O)CCC4=C32)cc1. The summed E-state index contributed by atoms with van der Waals surface area (Å²) in [6.45, 7) is 2.57. The van der Waals surface area contributed by atoms with E-state index < -0.39 is 0 Å². The lowest BCUT2D eigenvalue weighted by Gasteiger charge is -2.51. The molecule has 0 unspecified atom stereocenters. The van der Waals surface area contributed by atoms with Crippen LogP contribution in [0.3, 0.4) is 0 Å². The predicted octanol–water partition coefficient (Wildman–Crippen LogP) is 6.04. The number of ketones is 1. The predicted molar refractivity (Wildman–Crippen MR) is 116 cm³/mol. The van der Waals surface area contributed by atoms with Crippen molar-refractivity contribution in [3.63, 3.8) is 0 Å². The molecule has 0 aromatic heterocycles. The lowest BCUT2D eigenvalue weighted by Crippen LogP contribution is -2.40. The number of anilines is 1. The standard InChI is InChI=1S/C26H33NO/c1-26-14-4-5-24(26)22-12-8-18-15-20(28)11-13-21(18)25(22)23(16-26)17-6-9-19(10-7-17)27(2)3/h6-7,9-10,15,22-24H,4-5,8,11-14,16H2,1-3H3/t22-,23+,24-,26-/m0/s1. The first kappa shape index (κ1) is 18.2. The summed E-state index contributed by atoms with van der Waals surface area (Å²) in [5.41, 5.74) is 7.93. The average molecular weight is 376 g/mol. The van der Waals surface area contributed by atoms with E-state index in [4.69, 9.17) is 0 Å². The van der Waals surface area contributed by atoms with E-state index in [0.717, 1.165) is 24.7 Å². The second-order valence-corrected chi connectivity index (χ2v) is 10.1. The third-order valence-corrected chi connectivity index (χ3v) is 8.32. The van der Waals surface area contributed by atoms with Crippen LogP contribution in [0, 0.1) is 17.3 Å². The van der Waals surface area contributed by atoms with E-state index in [1.807, 2.05) is 6.08 Å². The Morgan fingerprint density at radius 3 is 2.57 bits per heavy atom. The Morgan fingerprint density at radius 2 is 1.82 bits per heavy atom. The molecule has 0 radical (unpaired) electrons.